The van der Waals surface area contributed by atoms with Gasteiger partial charge in [0, 0.05) is 45.1 Å². The van der Waals surface area contributed by atoms with E-state index in [0.717, 1.165) is 48.5 Å². The Hall–Kier alpha value is -3.66. The number of hydrogen-bond acceptors (Lipinski definition) is 7. The molecule has 1 saturated heterocycles. The molecule has 36 heavy (non-hydrogen) atoms. The number of aryl methyl sites for hydroxylation is 1. The van der Waals surface area contributed by atoms with E-state index in [-0.39, 0.29) is 5.91 Å². The van der Waals surface area contributed by atoms with Crippen molar-refractivity contribution < 1.29 is 14.3 Å². The Kier molecular flexibility index (Phi) is 7.44. The van der Waals surface area contributed by atoms with Crippen molar-refractivity contribution in [1.29, 1.82) is 0 Å². The van der Waals surface area contributed by atoms with Gasteiger partial charge in [0.15, 0.2) is 0 Å². The third kappa shape index (κ3) is 5.43. The number of amides is 2. The number of carbonyl (C=O) groups is 2. The maximum atomic E-state index is 13.7. The van der Waals surface area contributed by atoms with E-state index >= 15 is 0 Å². The highest BCUT2D eigenvalue weighted by molar-refractivity contribution is 5.96. The SMILES string of the molecule is Cc1c[nH]c2ncnc(N3CCC(CCN(C)C)(C(=O)Nc4cccc(OC(=O)N(C)C)c4)CC3)c12. The van der Waals surface area contributed by atoms with Gasteiger partial charge in [-0.05, 0) is 64.5 Å². The Bertz CT molecular complexity index is 1230. The van der Waals surface area contributed by atoms with Crippen LogP contribution in [-0.4, -0.2) is 84.6 Å². The molecule has 10 heteroatoms. The van der Waals surface area contributed by atoms with Crippen LogP contribution >= 0.6 is 0 Å². The second-order valence-electron chi connectivity index (χ2n) is 9.96. The number of rotatable bonds is 7. The number of anilines is 2. The molecule has 10 nitrogen and oxygen atoms in total. The summed E-state index contributed by atoms with van der Waals surface area (Å²) in [6.45, 7) is 4.30. The number of aromatic nitrogens is 3. The maximum absolute atomic E-state index is 13.7. The summed E-state index contributed by atoms with van der Waals surface area (Å²) in [5, 5.41) is 4.13. The molecule has 0 spiro atoms. The van der Waals surface area contributed by atoms with Crippen LogP contribution < -0.4 is 15.0 Å². The van der Waals surface area contributed by atoms with Crippen molar-refractivity contribution in [3.63, 3.8) is 0 Å². The van der Waals surface area contributed by atoms with Gasteiger partial charge in [-0.15, -0.1) is 0 Å². The van der Waals surface area contributed by atoms with Crippen LogP contribution in [0.2, 0.25) is 0 Å². The van der Waals surface area contributed by atoms with Crippen molar-refractivity contribution >= 4 is 34.5 Å². The van der Waals surface area contributed by atoms with E-state index in [1.807, 2.05) is 26.4 Å². The van der Waals surface area contributed by atoms with Gasteiger partial charge in [0.2, 0.25) is 5.91 Å². The van der Waals surface area contributed by atoms with Crippen molar-refractivity contribution in [3.8, 4) is 5.75 Å². The Labute approximate surface area is 211 Å². The van der Waals surface area contributed by atoms with Gasteiger partial charge in [-0.1, -0.05) is 6.07 Å². The molecular formula is C26H35N7O3. The summed E-state index contributed by atoms with van der Waals surface area (Å²) >= 11 is 0. The molecule has 2 N–H and O–H groups in total. The van der Waals surface area contributed by atoms with Crippen LogP contribution in [0.5, 0.6) is 5.75 Å². The molecule has 3 aromatic rings. The average molecular weight is 494 g/mol. The van der Waals surface area contributed by atoms with Gasteiger partial charge < -0.3 is 29.7 Å². The Morgan fingerprint density at radius 1 is 1.17 bits per heavy atom. The molecule has 1 aliphatic heterocycles. The zero-order valence-corrected chi connectivity index (χ0v) is 21.7. The summed E-state index contributed by atoms with van der Waals surface area (Å²) in [7, 11) is 7.29. The maximum Gasteiger partial charge on any atom is 0.414 e. The van der Waals surface area contributed by atoms with E-state index in [1.54, 1.807) is 38.6 Å². The number of H-pyrrole nitrogens is 1. The molecule has 3 heterocycles. The Morgan fingerprint density at radius 3 is 2.61 bits per heavy atom. The van der Waals surface area contributed by atoms with Gasteiger partial charge in [0.25, 0.3) is 0 Å². The van der Waals surface area contributed by atoms with Crippen LogP contribution in [0.4, 0.5) is 16.3 Å². The fourth-order valence-corrected chi connectivity index (χ4v) is 4.61. The average Bonchev–Trinajstić information content (AvgIpc) is 3.24. The predicted octanol–water partition coefficient (Wildman–Crippen LogP) is 3.50. The summed E-state index contributed by atoms with van der Waals surface area (Å²) in [6, 6.07) is 6.96. The van der Waals surface area contributed by atoms with E-state index in [1.165, 1.54) is 4.90 Å². The smallest absolute Gasteiger partial charge is 0.410 e. The van der Waals surface area contributed by atoms with E-state index in [9.17, 15) is 9.59 Å². The second kappa shape index (κ2) is 10.5. The molecule has 0 unspecified atom stereocenters. The summed E-state index contributed by atoms with van der Waals surface area (Å²) in [5.74, 6) is 1.29. The normalized spacial score (nSPS) is 15.2. The number of carbonyl (C=O) groups excluding carboxylic acids is 2. The quantitative estimate of drug-likeness (QED) is 0.519. The van der Waals surface area contributed by atoms with Gasteiger partial charge in [-0.25, -0.2) is 14.8 Å². The van der Waals surface area contributed by atoms with Crippen molar-refractivity contribution in [2.75, 3.05) is 58.0 Å². The second-order valence-corrected chi connectivity index (χ2v) is 9.96. The summed E-state index contributed by atoms with van der Waals surface area (Å²) < 4.78 is 5.36. The number of benzene rings is 1. The van der Waals surface area contributed by atoms with Gasteiger partial charge in [0.1, 0.15) is 23.5 Å². The number of fused-ring (bicyclic) bond motifs is 1. The van der Waals surface area contributed by atoms with Crippen LogP contribution in [0.15, 0.2) is 36.8 Å². The Morgan fingerprint density at radius 2 is 1.92 bits per heavy atom. The first-order valence-corrected chi connectivity index (χ1v) is 12.2. The van der Waals surface area contributed by atoms with Crippen LogP contribution in [0.1, 0.15) is 24.8 Å². The molecule has 0 radical (unpaired) electrons. The lowest BCUT2D eigenvalue weighted by Gasteiger charge is -2.41. The molecule has 1 aromatic carbocycles. The number of nitrogens with zero attached hydrogens (tertiary/aromatic N) is 5. The number of aromatic amines is 1. The highest BCUT2D eigenvalue weighted by Gasteiger charge is 2.41. The van der Waals surface area contributed by atoms with Gasteiger partial charge in [-0.3, -0.25) is 4.79 Å². The van der Waals surface area contributed by atoms with E-state index < -0.39 is 11.5 Å². The van der Waals surface area contributed by atoms with Crippen LogP contribution in [0, 0.1) is 12.3 Å². The molecule has 2 aromatic heterocycles. The molecule has 0 atom stereocenters. The van der Waals surface area contributed by atoms with Crippen molar-refractivity contribution in [1.82, 2.24) is 24.8 Å². The number of nitrogens with one attached hydrogen (secondary N) is 2. The minimum Gasteiger partial charge on any atom is -0.410 e. The lowest BCUT2D eigenvalue weighted by atomic mass is 9.74. The highest BCUT2D eigenvalue weighted by Crippen LogP contribution is 2.39. The lowest BCUT2D eigenvalue weighted by Crippen LogP contribution is -2.48. The van der Waals surface area contributed by atoms with Gasteiger partial charge in [0.05, 0.1) is 10.8 Å². The molecule has 0 saturated carbocycles. The fourth-order valence-electron chi connectivity index (χ4n) is 4.61. The minimum atomic E-state index is -0.517. The third-order valence-corrected chi connectivity index (χ3v) is 6.85. The monoisotopic (exact) mass is 493 g/mol. The van der Waals surface area contributed by atoms with Crippen molar-refractivity contribution in [3.05, 3.63) is 42.4 Å². The first-order chi connectivity index (χ1) is 17.2. The largest absolute Gasteiger partial charge is 0.414 e. The standard InChI is InChI=1S/C26H35N7O3/c1-18-16-27-22-21(18)23(29-17-28-22)33-13-10-26(11-14-33,9-12-31(2)3)24(34)30-19-7-6-8-20(15-19)36-25(35)32(4)5/h6-8,15-17H,9-14H2,1-5H3,(H,30,34)(H,27,28,29). The predicted molar refractivity (Wildman–Crippen MR) is 140 cm³/mol. The summed E-state index contributed by atoms with van der Waals surface area (Å²) in [6.07, 6.45) is 5.23. The Balaban J connectivity index is 1.51. The first kappa shape index (κ1) is 25.4. The molecule has 4 rings (SSSR count). The van der Waals surface area contributed by atoms with Gasteiger partial charge >= 0.3 is 6.09 Å². The minimum absolute atomic E-state index is 0.00857. The zero-order valence-electron chi connectivity index (χ0n) is 21.7. The highest BCUT2D eigenvalue weighted by atomic mass is 16.6. The molecule has 192 valence electrons. The molecule has 2 amide bonds. The molecular weight excluding hydrogens is 458 g/mol. The van der Waals surface area contributed by atoms with E-state index in [4.69, 9.17) is 4.74 Å². The number of hydrogen-bond donors (Lipinski definition) is 2. The van der Waals surface area contributed by atoms with Crippen LogP contribution in [-0.2, 0) is 4.79 Å². The zero-order chi connectivity index (χ0) is 25.9. The van der Waals surface area contributed by atoms with Crippen LogP contribution in [0.25, 0.3) is 11.0 Å². The molecule has 1 aliphatic rings. The number of ether oxygens (including phenoxy) is 1. The molecule has 0 bridgehead atoms. The lowest BCUT2D eigenvalue weighted by molar-refractivity contribution is -0.127. The summed E-state index contributed by atoms with van der Waals surface area (Å²) in [4.78, 5) is 43.5. The molecule has 1 fully saturated rings. The topological polar surface area (TPSA) is 107 Å². The molecule has 0 aliphatic carbocycles. The fraction of sp³-hybridized carbons (Fsp3) is 0.462. The van der Waals surface area contributed by atoms with Crippen molar-refractivity contribution in [2.24, 2.45) is 5.41 Å². The van der Waals surface area contributed by atoms with E-state index in [0.29, 0.717) is 24.3 Å². The van der Waals surface area contributed by atoms with Crippen molar-refractivity contribution in [2.45, 2.75) is 26.2 Å². The van der Waals surface area contributed by atoms with Gasteiger partial charge in [-0.2, -0.15) is 0 Å². The van der Waals surface area contributed by atoms with Crippen LogP contribution in [0.3, 0.4) is 0 Å². The third-order valence-electron chi connectivity index (χ3n) is 6.85. The van der Waals surface area contributed by atoms with E-state index in [2.05, 4.69) is 37.0 Å². The number of piperidine rings is 1. The summed E-state index contributed by atoms with van der Waals surface area (Å²) in [5.41, 5.74) is 2.03. The first-order valence-electron chi connectivity index (χ1n) is 12.2.